The van der Waals surface area contributed by atoms with Gasteiger partial charge in [0.2, 0.25) is 0 Å². The molecule has 1 aliphatic rings. The fourth-order valence-electron chi connectivity index (χ4n) is 3.01. The van der Waals surface area contributed by atoms with Gasteiger partial charge in [0.1, 0.15) is 5.76 Å². The van der Waals surface area contributed by atoms with Gasteiger partial charge in [-0.05, 0) is 30.3 Å². The minimum atomic E-state index is -4.54. The second kappa shape index (κ2) is 9.36. The number of halogens is 3. The number of alkyl halides is 3. The largest absolute Gasteiger partial charge is 0.468 e. The van der Waals surface area contributed by atoms with Crippen LogP contribution in [-0.2, 0) is 15.8 Å². The maximum Gasteiger partial charge on any atom is 0.416 e. The minimum absolute atomic E-state index is 0.101. The van der Waals surface area contributed by atoms with Crippen molar-refractivity contribution in [1.29, 1.82) is 0 Å². The molecule has 2 aromatic rings. The summed E-state index contributed by atoms with van der Waals surface area (Å²) in [5, 5.41) is 4.75. The van der Waals surface area contributed by atoms with E-state index in [4.69, 9.17) is 4.42 Å². The third kappa shape index (κ3) is 5.77. The van der Waals surface area contributed by atoms with Gasteiger partial charge in [0.05, 0.1) is 17.9 Å². The van der Waals surface area contributed by atoms with E-state index in [0.29, 0.717) is 5.76 Å². The van der Waals surface area contributed by atoms with Crippen LogP contribution in [0.15, 0.2) is 47.1 Å². The SMILES string of the molecule is O=C(NC[C@H](c1ccco1)N1CCSCC1)C(=O)Nc1cccc(C(F)(F)F)c1. The molecule has 0 saturated carbocycles. The molecule has 1 aromatic heterocycles. The molecule has 2 amide bonds. The average Bonchev–Trinajstić information content (AvgIpc) is 3.23. The molecule has 1 saturated heterocycles. The molecule has 2 N–H and O–H groups in total. The zero-order chi connectivity index (χ0) is 20.9. The van der Waals surface area contributed by atoms with E-state index in [2.05, 4.69) is 15.5 Å². The Morgan fingerprint density at radius 3 is 2.55 bits per heavy atom. The van der Waals surface area contributed by atoms with Gasteiger partial charge in [-0.15, -0.1) is 0 Å². The summed E-state index contributed by atoms with van der Waals surface area (Å²) >= 11 is 1.84. The maximum absolute atomic E-state index is 12.8. The van der Waals surface area contributed by atoms with Crippen LogP contribution in [0.25, 0.3) is 0 Å². The van der Waals surface area contributed by atoms with E-state index in [0.717, 1.165) is 42.8 Å². The molecule has 1 aromatic carbocycles. The lowest BCUT2D eigenvalue weighted by atomic mass is 10.1. The number of furan rings is 1. The van der Waals surface area contributed by atoms with E-state index in [9.17, 15) is 22.8 Å². The van der Waals surface area contributed by atoms with Gasteiger partial charge < -0.3 is 15.1 Å². The van der Waals surface area contributed by atoms with Crippen LogP contribution in [0.1, 0.15) is 17.4 Å². The zero-order valence-electron chi connectivity index (χ0n) is 15.4. The van der Waals surface area contributed by atoms with Gasteiger partial charge in [-0.3, -0.25) is 14.5 Å². The van der Waals surface area contributed by atoms with Crippen LogP contribution >= 0.6 is 11.8 Å². The molecule has 29 heavy (non-hydrogen) atoms. The van der Waals surface area contributed by atoms with E-state index in [1.165, 1.54) is 6.07 Å². The van der Waals surface area contributed by atoms with Crippen LogP contribution in [-0.4, -0.2) is 47.9 Å². The fourth-order valence-corrected chi connectivity index (χ4v) is 3.94. The Labute approximate surface area is 169 Å². The molecule has 1 aliphatic heterocycles. The van der Waals surface area contributed by atoms with Crippen molar-refractivity contribution in [1.82, 2.24) is 10.2 Å². The molecule has 1 atom stereocenters. The molecular formula is C19H20F3N3O3S. The number of rotatable bonds is 5. The Morgan fingerprint density at radius 1 is 1.14 bits per heavy atom. The van der Waals surface area contributed by atoms with Gasteiger partial charge in [0, 0.05) is 36.8 Å². The monoisotopic (exact) mass is 427 g/mol. The van der Waals surface area contributed by atoms with Crippen molar-refractivity contribution in [3.8, 4) is 0 Å². The summed E-state index contributed by atoms with van der Waals surface area (Å²) in [7, 11) is 0. The maximum atomic E-state index is 12.8. The van der Waals surface area contributed by atoms with Crippen LogP contribution < -0.4 is 10.6 Å². The molecule has 156 valence electrons. The molecule has 2 heterocycles. The van der Waals surface area contributed by atoms with Crippen molar-refractivity contribution in [3.05, 3.63) is 54.0 Å². The van der Waals surface area contributed by atoms with Gasteiger partial charge in [-0.25, -0.2) is 0 Å². The second-order valence-corrected chi connectivity index (χ2v) is 7.65. The molecule has 0 bridgehead atoms. The summed E-state index contributed by atoms with van der Waals surface area (Å²) < 4.78 is 43.8. The Kier molecular flexibility index (Phi) is 6.86. The highest BCUT2D eigenvalue weighted by Gasteiger charge is 2.31. The standard InChI is InChI=1S/C19H20F3N3O3S/c20-19(21,22)13-3-1-4-14(11-13)24-18(27)17(26)23-12-15(16-5-2-8-28-16)25-6-9-29-10-7-25/h1-5,8,11,15H,6-7,9-10,12H2,(H,23,26)(H,24,27)/t15-/m1/s1. The Morgan fingerprint density at radius 2 is 1.90 bits per heavy atom. The summed E-state index contributed by atoms with van der Waals surface area (Å²) in [4.78, 5) is 26.5. The minimum Gasteiger partial charge on any atom is -0.468 e. The van der Waals surface area contributed by atoms with E-state index >= 15 is 0 Å². The van der Waals surface area contributed by atoms with Gasteiger partial charge >= 0.3 is 18.0 Å². The third-order valence-corrected chi connectivity index (χ3v) is 5.41. The molecule has 0 aliphatic carbocycles. The van der Waals surface area contributed by atoms with Crippen LogP contribution in [0.2, 0.25) is 0 Å². The number of carbonyl (C=O) groups excluding carboxylic acids is 2. The lowest BCUT2D eigenvalue weighted by molar-refractivity contribution is -0.137. The van der Waals surface area contributed by atoms with Crippen molar-refractivity contribution in [2.75, 3.05) is 36.5 Å². The van der Waals surface area contributed by atoms with Gasteiger partial charge in [0.15, 0.2) is 0 Å². The zero-order valence-corrected chi connectivity index (χ0v) is 16.2. The quantitative estimate of drug-likeness (QED) is 0.718. The van der Waals surface area contributed by atoms with Crippen molar-refractivity contribution >= 4 is 29.3 Å². The lowest BCUT2D eigenvalue weighted by Crippen LogP contribution is -2.44. The molecule has 6 nitrogen and oxygen atoms in total. The normalized spacial score (nSPS) is 16.2. The van der Waals surface area contributed by atoms with Crippen molar-refractivity contribution in [2.24, 2.45) is 0 Å². The molecule has 3 rings (SSSR count). The summed E-state index contributed by atoms with van der Waals surface area (Å²) in [5.41, 5.74) is -1.01. The number of nitrogens with zero attached hydrogens (tertiary/aromatic N) is 1. The van der Waals surface area contributed by atoms with E-state index in [1.54, 1.807) is 18.4 Å². The Balaban J connectivity index is 1.60. The Hall–Kier alpha value is -2.46. The molecule has 0 unspecified atom stereocenters. The first-order valence-corrected chi connectivity index (χ1v) is 10.1. The van der Waals surface area contributed by atoms with Crippen molar-refractivity contribution < 1.29 is 27.2 Å². The van der Waals surface area contributed by atoms with Crippen LogP contribution in [0.3, 0.4) is 0 Å². The predicted octanol–water partition coefficient (Wildman–Crippen LogP) is 3.14. The first-order valence-electron chi connectivity index (χ1n) is 8.96. The second-order valence-electron chi connectivity index (χ2n) is 6.42. The summed E-state index contributed by atoms with van der Waals surface area (Å²) in [6, 6.07) is 7.46. The summed E-state index contributed by atoms with van der Waals surface area (Å²) in [6.07, 6.45) is -2.99. The number of benzene rings is 1. The van der Waals surface area contributed by atoms with Gasteiger partial charge in [-0.1, -0.05) is 6.07 Å². The topological polar surface area (TPSA) is 74.6 Å². The summed E-state index contributed by atoms with van der Waals surface area (Å²) in [5.74, 6) is 0.639. The predicted molar refractivity (Wildman–Crippen MR) is 103 cm³/mol. The molecular weight excluding hydrogens is 407 g/mol. The molecule has 1 fully saturated rings. The number of nitrogens with one attached hydrogen (secondary N) is 2. The van der Waals surface area contributed by atoms with Crippen molar-refractivity contribution in [2.45, 2.75) is 12.2 Å². The highest BCUT2D eigenvalue weighted by molar-refractivity contribution is 7.99. The average molecular weight is 427 g/mol. The van der Waals surface area contributed by atoms with Crippen LogP contribution in [0, 0.1) is 0 Å². The van der Waals surface area contributed by atoms with E-state index < -0.39 is 23.6 Å². The summed E-state index contributed by atoms with van der Waals surface area (Å²) in [6.45, 7) is 1.79. The number of carbonyl (C=O) groups is 2. The molecule has 0 radical (unpaired) electrons. The number of hydrogen-bond donors (Lipinski definition) is 2. The number of amides is 2. The third-order valence-electron chi connectivity index (χ3n) is 4.47. The molecule has 10 heteroatoms. The van der Waals surface area contributed by atoms with E-state index in [-0.39, 0.29) is 18.3 Å². The highest BCUT2D eigenvalue weighted by Crippen LogP contribution is 2.30. The van der Waals surface area contributed by atoms with Crippen LogP contribution in [0.4, 0.5) is 18.9 Å². The van der Waals surface area contributed by atoms with Gasteiger partial charge in [0.25, 0.3) is 0 Å². The first-order chi connectivity index (χ1) is 13.8. The smallest absolute Gasteiger partial charge is 0.416 e. The number of thioether (sulfide) groups is 1. The Bertz CT molecular complexity index is 837. The highest BCUT2D eigenvalue weighted by atomic mass is 32.2. The fraction of sp³-hybridized carbons (Fsp3) is 0.368. The van der Waals surface area contributed by atoms with E-state index in [1.807, 2.05) is 11.8 Å². The van der Waals surface area contributed by atoms with Crippen molar-refractivity contribution in [3.63, 3.8) is 0 Å². The van der Waals surface area contributed by atoms with Gasteiger partial charge in [-0.2, -0.15) is 24.9 Å². The molecule has 0 spiro atoms. The number of anilines is 1. The first kappa shape index (κ1) is 21.3. The lowest BCUT2D eigenvalue weighted by Gasteiger charge is -2.33. The van der Waals surface area contributed by atoms with Crippen LogP contribution in [0.5, 0.6) is 0 Å². The number of hydrogen-bond acceptors (Lipinski definition) is 5.